The molecule has 1 unspecified atom stereocenters. The standard InChI is InChI=1S/C19H38O3/c1-4-6-7-8-9-10-11-12-13-14-15-21-16-17-22-19(20)18(3)5-2/h18H,4-17H2,1-3H3. The second-order valence-corrected chi connectivity index (χ2v) is 6.27. The maximum atomic E-state index is 11.4. The first-order valence-electron chi connectivity index (χ1n) is 9.46. The molecule has 0 heterocycles. The second kappa shape index (κ2) is 16.8. The number of hydrogen-bond acceptors (Lipinski definition) is 3. The lowest BCUT2D eigenvalue weighted by molar-refractivity contribution is -0.149. The Morgan fingerprint density at radius 2 is 1.32 bits per heavy atom. The van der Waals surface area contributed by atoms with Crippen molar-refractivity contribution in [2.75, 3.05) is 19.8 Å². The van der Waals surface area contributed by atoms with Crippen molar-refractivity contribution < 1.29 is 14.3 Å². The van der Waals surface area contributed by atoms with Crippen molar-refractivity contribution in [2.45, 2.75) is 91.4 Å². The molecule has 0 fully saturated rings. The lowest BCUT2D eigenvalue weighted by Gasteiger charge is -2.09. The summed E-state index contributed by atoms with van der Waals surface area (Å²) in [6.07, 6.45) is 14.2. The highest BCUT2D eigenvalue weighted by Gasteiger charge is 2.10. The van der Waals surface area contributed by atoms with Crippen LogP contribution in [0.5, 0.6) is 0 Å². The maximum absolute atomic E-state index is 11.4. The van der Waals surface area contributed by atoms with Crippen LogP contribution in [0.3, 0.4) is 0 Å². The summed E-state index contributed by atoms with van der Waals surface area (Å²) in [6, 6.07) is 0. The number of esters is 1. The predicted molar refractivity (Wildman–Crippen MR) is 93.1 cm³/mol. The van der Waals surface area contributed by atoms with E-state index in [-0.39, 0.29) is 11.9 Å². The van der Waals surface area contributed by atoms with Crippen LogP contribution in [0.1, 0.15) is 91.4 Å². The van der Waals surface area contributed by atoms with Gasteiger partial charge in [-0.1, -0.05) is 78.6 Å². The van der Waals surface area contributed by atoms with Gasteiger partial charge in [-0.3, -0.25) is 4.79 Å². The summed E-state index contributed by atoms with van der Waals surface area (Å²) in [5.74, 6) is -0.105. The maximum Gasteiger partial charge on any atom is 0.308 e. The van der Waals surface area contributed by atoms with E-state index in [2.05, 4.69) is 6.92 Å². The molecule has 0 aliphatic heterocycles. The van der Waals surface area contributed by atoms with Crippen molar-refractivity contribution in [3.05, 3.63) is 0 Å². The minimum atomic E-state index is -0.106. The molecule has 1 atom stereocenters. The van der Waals surface area contributed by atoms with Crippen molar-refractivity contribution >= 4 is 5.97 Å². The zero-order valence-electron chi connectivity index (χ0n) is 15.2. The monoisotopic (exact) mass is 314 g/mol. The summed E-state index contributed by atoms with van der Waals surface area (Å²) in [4.78, 5) is 11.4. The van der Waals surface area contributed by atoms with E-state index in [9.17, 15) is 4.79 Å². The Bertz CT molecular complexity index is 241. The van der Waals surface area contributed by atoms with Crippen molar-refractivity contribution in [3.8, 4) is 0 Å². The topological polar surface area (TPSA) is 35.5 Å². The van der Waals surface area contributed by atoms with E-state index in [1.165, 1.54) is 57.8 Å². The summed E-state index contributed by atoms with van der Waals surface area (Å²) in [5, 5.41) is 0. The molecule has 3 heteroatoms. The lowest BCUT2D eigenvalue weighted by atomic mass is 10.1. The average Bonchev–Trinajstić information content (AvgIpc) is 2.54. The fourth-order valence-corrected chi connectivity index (χ4v) is 2.30. The lowest BCUT2D eigenvalue weighted by Crippen LogP contribution is -2.17. The summed E-state index contributed by atoms with van der Waals surface area (Å²) < 4.78 is 10.6. The second-order valence-electron chi connectivity index (χ2n) is 6.27. The van der Waals surface area contributed by atoms with Gasteiger partial charge in [-0.25, -0.2) is 0 Å². The molecule has 0 radical (unpaired) electrons. The van der Waals surface area contributed by atoms with Gasteiger partial charge < -0.3 is 9.47 Å². The molecule has 0 N–H and O–H groups in total. The minimum Gasteiger partial charge on any atom is -0.463 e. The first-order chi connectivity index (χ1) is 10.7. The fourth-order valence-electron chi connectivity index (χ4n) is 2.30. The van der Waals surface area contributed by atoms with Gasteiger partial charge in [0, 0.05) is 6.61 Å². The van der Waals surface area contributed by atoms with Gasteiger partial charge in [0.1, 0.15) is 6.61 Å². The van der Waals surface area contributed by atoms with Crippen LogP contribution >= 0.6 is 0 Å². The Morgan fingerprint density at radius 3 is 1.86 bits per heavy atom. The van der Waals surface area contributed by atoms with Gasteiger partial charge in [0.05, 0.1) is 12.5 Å². The van der Waals surface area contributed by atoms with Gasteiger partial charge in [0.15, 0.2) is 0 Å². The van der Waals surface area contributed by atoms with E-state index < -0.39 is 0 Å². The van der Waals surface area contributed by atoms with Gasteiger partial charge >= 0.3 is 5.97 Å². The van der Waals surface area contributed by atoms with E-state index in [0.29, 0.717) is 13.2 Å². The molecule has 0 amide bonds. The van der Waals surface area contributed by atoms with Crippen molar-refractivity contribution in [1.29, 1.82) is 0 Å². The van der Waals surface area contributed by atoms with Crippen LogP contribution in [0, 0.1) is 5.92 Å². The van der Waals surface area contributed by atoms with Crippen molar-refractivity contribution in [2.24, 2.45) is 5.92 Å². The van der Waals surface area contributed by atoms with E-state index in [4.69, 9.17) is 9.47 Å². The molecule has 0 aliphatic carbocycles. The molecule has 0 aromatic rings. The molecule has 22 heavy (non-hydrogen) atoms. The SMILES string of the molecule is CCCCCCCCCCCCOCCOC(=O)C(C)CC. The van der Waals surface area contributed by atoms with Gasteiger partial charge in [-0.15, -0.1) is 0 Å². The molecule has 0 aliphatic rings. The van der Waals surface area contributed by atoms with Crippen LogP contribution in [0.15, 0.2) is 0 Å². The molecule has 0 aromatic heterocycles. The number of carbonyl (C=O) groups is 1. The largest absolute Gasteiger partial charge is 0.463 e. The van der Waals surface area contributed by atoms with Gasteiger partial charge in [-0.2, -0.15) is 0 Å². The zero-order valence-corrected chi connectivity index (χ0v) is 15.2. The van der Waals surface area contributed by atoms with Gasteiger partial charge in [0.25, 0.3) is 0 Å². The van der Waals surface area contributed by atoms with Crippen LogP contribution < -0.4 is 0 Å². The number of unbranched alkanes of at least 4 members (excludes halogenated alkanes) is 9. The molecule has 132 valence electrons. The Kier molecular flexibility index (Phi) is 16.4. The summed E-state index contributed by atoms with van der Waals surface area (Å²) in [6.45, 7) is 7.86. The summed E-state index contributed by atoms with van der Waals surface area (Å²) in [7, 11) is 0. The molecule has 3 nitrogen and oxygen atoms in total. The van der Waals surface area contributed by atoms with Crippen molar-refractivity contribution in [3.63, 3.8) is 0 Å². The predicted octanol–water partition coefficient (Wildman–Crippen LogP) is 5.51. The zero-order chi connectivity index (χ0) is 16.5. The first-order valence-corrected chi connectivity index (χ1v) is 9.46. The molecule has 0 saturated heterocycles. The van der Waals surface area contributed by atoms with Gasteiger partial charge in [-0.05, 0) is 12.8 Å². The van der Waals surface area contributed by atoms with Crippen molar-refractivity contribution in [1.82, 2.24) is 0 Å². The summed E-state index contributed by atoms with van der Waals surface area (Å²) >= 11 is 0. The number of ether oxygens (including phenoxy) is 2. The smallest absolute Gasteiger partial charge is 0.308 e. The third kappa shape index (κ3) is 14.4. The van der Waals surface area contributed by atoms with E-state index in [1.54, 1.807) is 0 Å². The van der Waals surface area contributed by atoms with Crippen LogP contribution in [0.4, 0.5) is 0 Å². The van der Waals surface area contributed by atoms with Crippen LogP contribution in [0.2, 0.25) is 0 Å². The van der Waals surface area contributed by atoms with Crippen LogP contribution in [-0.4, -0.2) is 25.8 Å². The Hall–Kier alpha value is -0.570. The third-order valence-electron chi connectivity index (χ3n) is 4.13. The van der Waals surface area contributed by atoms with Crippen LogP contribution in [0.25, 0.3) is 0 Å². The molecule has 0 bridgehead atoms. The van der Waals surface area contributed by atoms with E-state index in [1.807, 2.05) is 13.8 Å². The third-order valence-corrected chi connectivity index (χ3v) is 4.13. The summed E-state index contributed by atoms with van der Waals surface area (Å²) in [5.41, 5.74) is 0. The highest BCUT2D eigenvalue weighted by molar-refractivity contribution is 5.71. The quantitative estimate of drug-likeness (QED) is 0.278. The Balaban J connectivity index is 3.10. The highest BCUT2D eigenvalue weighted by Crippen LogP contribution is 2.10. The normalized spacial score (nSPS) is 12.3. The molecular formula is C19H38O3. The minimum absolute atomic E-state index is 0.00183. The van der Waals surface area contributed by atoms with Gasteiger partial charge in [0.2, 0.25) is 0 Å². The highest BCUT2D eigenvalue weighted by atomic mass is 16.6. The number of rotatable bonds is 16. The Labute approximate surface area is 138 Å². The Morgan fingerprint density at radius 1 is 0.773 bits per heavy atom. The average molecular weight is 315 g/mol. The molecule has 0 aromatic carbocycles. The molecule has 0 rings (SSSR count). The first kappa shape index (κ1) is 21.4. The van der Waals surface area contributed by atoms with E-state index >= 15 is 0 Å². The molecule has 0 spiro atoms. The number of hydrogen-bond donors (Lipinski definition) is 0. The molecular weight excluding hydrogens is 276 g/mol. The fraction of sp³-hybridized carbons (Fsp3) is 0.947. The van der Waals surface area contributed by atoms with E-state index in [0.717, 1.165) is 19.4 Å². The number of carbonyl (C=O) groups excluding carboxylic acids is 1. The van der Waals surface area contributed by atoms with Crippen LogP contribution in [-0.2, 0) is 14.3 Å². The molecule has 0 saturated carbocycles.